The van der Waals surface area contributed by atoms with Crippen molar-refractivity contribution in [2.75, 3.05) is 11.9 Å². The first kappa shape index (κ1) is 12.0. The summed E-state index contributed by atoms with van der Waals surface area (Å²) < 4.78 is 39.7. The molecule has 1 aliphatic heterocycles. The van der Waals surface area contributed by atoms with Gasteiger partial charge in [-0.05, 0) is 6.42 Å². The number of hydrogen-bond acceptors (Lipinski definition) is 3. The normalized spacial score (nSPS) is 18.8. The van der Waals surface area contributed by atoms with E-state index >= 15 is 0 Å². The van der Waals surface area contributed by atoms with Gasteiger partial charge in [-0.1, -0.05) is 30.3 Å². The number of rotatable bonds is 1. The summed E-state index contributed by atoms with van der Waals surface area (Å²) in [5, 5.41) is 6.84. The molecule has 1 N–H and O–H groups in total. The molecule has 100 valence electrons. The van der Waals surface area contributed by atoms with E-state index in [2.05, 4.69) is 15.4 Å². The van der Waals surface area contributed by atoms with Crippen molar-refractivity contribution < 1.29 is 13.2 Å². The molecule has 1 aromatic carbocycles. The van der Waals surface area contributed by atoms with Gasteiger partial charge in [-0.3, -0.25) is 0 Å². The van der Waals surface area contributed by atoms with E-state index in [0.29, 0.717) is 11.4 Å². The van der Waals surface area contributed by atoms with E-state index in [4.69, 9.17) is 0 Å². The van der Waals surface area contributed by atoms with Crippen LogP contribution in [0.3, 0.4) is 0 Å². The summed E-state index contributed by atoms with van der Waals surface area (Å²) >= 11 is 0. The number of alkyl halides is 3. The molecule has 0 spiro atoms. The third-order valence-electron chi connectivity index (χ3n) is 3.04. The predicted molar refractivity (Wildman–Crippen MR) is 63.7 cm³/mol. The molecular weight excluding hydrogens is 257 g/mol. The van der Waals surface area contributed by atoms with Crippen molar-refractivity contribution in [1.82, 2.24) is 14.8 Å². The van der Waals surface area contributed by atoms with E-state index in [9.17, 15) is 13.2 Å². The zero-order valence-electron chi connectivity index (χ0n) is 9.85. The maximum absolute atomic E-state index is 12.9. The Morgan fingerprint density at radius 3 is 2.63 bits per heavy atom. The van der Waals surface area contributed by atoms with Gasteiger partial charge in [0.2, 0.25) is 5.95 Å². The Morgan fingerprint density at radius 1 is 1.21 bits per heavy atom. The third-order valence-corrected chi connectivity index (χ3v) is 3.04. The number of benzene rings is 1. The quantitative estimate of drug-likeness (QED) is 0.864. The topological polar surface area (TPSA) is 42.7 Å². The second-order valence-electron chi connectivity index (χ2n) is 4.34. The van der Waals surface area contributed by atoms with Crippen LogP contribution in [0.5, 0.6) is 0 Å². The van der Waals surface area contributed by atoms with Crippen LogP contribution in [-0.2, 0) is 0 Å². The van der Waals surface area contributed by atoms with Gasteiger partial charge in [0.25, 0.3) is 0 Å². The Morgan fingerprint density at radius 2 is 1.95 bits per heavy atom. The molecule has 1 aliphatic rings. The standard InChI is InChI=1S/C12H11F3N4/c13-12(14,15)9-6-7-16-11-17-10(18-19(9)11)8-4-2-1-3-5-8/h1-5,9H,6-7H2,(H,16,17,18). The highest BCUT2D eigenvalue weighted by Gasteiger charge is 2.44. The lowest BCUT2D eigenvalue weighted by Crippen LogP contribution is -2.34. The molecule has 1 atom stereocenters. The highest BCUT2D eigenvalue weighted by Crippen LogP contribution is 2.37. The maximum atomic E-state index is 12.9. The number of fused-ring (bicyclic) bond motifs is 1. The Hall–Kier alpha value is -2.05. The Balaban J connectivity index is 2.03. The minimum atomic E-state index is -4.31. The fourth-order valence-electron chi connectivity index (χ4n) is 2.12. The molecule has 1 unspecified atom stereocenters. The van der Waals surface area contributed by atoms with Gasteiger partial charge in [0, 0.05) is 12.1 Å². The summed E-state index contributed by atoms with van der Waals surface area (Å²) in [7, 11) is 0. The molecule has 2 aromatic rings. The van der Waals surface area contributed by atoms with Gasteiger partial charge >= 0.3 is 6.18 Å². The van der Waals surface area contributed by atoms with Crippen LogP contribution in [0.4, 0.5) is 19.1 Å². The molecular formula is C12H11F3N4. The summed E-state index contributed by atoms with van der Waals surface area (Å²) in [5.41, 5.74) is 0.701. The molecule has 0 fully saturated rings. The SMILES string of the molecule is FC(F)(F)C1CCNc2nc(-c3ccccc3)nn21. The fourth-order valence-corrected chi connectivity index (χ4v) is 2.12. The van der Waals surface area contributed by atoms with Gasteiger partial charge in [-0.2, -0.15) is 18.2 Å². The van der Waals surface area contributed by atoms with Crippen LogP contribution in [0.15, 0.2) is 30.3 Å². The van der Waals surface area contributed by atoms with Gasteiger partial charge in [0.05, 0.1) is 0 Å². The summed E-state index contributed by atoms with van der Waals surface area (Å²) in [6.07, 6.45) is -4.34. The number of hydrogen-bond donors (Lipinski definition) is 1. The number of aromatic nitrogens is 3. The van der Waals surface area contributed by atoms with Crippen molar-refractivity contribution in [1.29, 1.82) is 0 Å². The Kier molecular flexibility index (Phi) is 2.69. The zero-order chi connectivity index (χ0) is 13.5. The molecule has 0 saturated heterocycles. The highest BCUT2D eigenvalue weighted by molar-refractivity contribution is 5.56. The van der Waals surface area contributed by atoms with Crippen LogP contribution in [0.1, 0.15) is 12.5 Å². The predicted octanol–water partition coefficient (Wildman–Crippen LogP) is 2.86. The van der Waals surface area contributed by atoms with Crippen molar-refractivity contribution in [2.24, 2.45) is 0 Å². The Labute approximate surface area is 107 Å². The summed E-state index contributed by atoms with van der Waals surface area (Å²) in [4.78, 5) is 4.13. The van der Waals surface area contributed by atoms with Crippen molar-refractivity contribution in [3.05, 3.63) is 30.3 Å². The molecule has 1 aromatic heterocycles. The number of anilines is 1. The van der Waals surface area contributed by atoms with Gasteiger partial charge in [0.1, 0.15) is 0 Å². The smallest absolute Gasteiger partial charge is 0.354 e. The van der Waals surface area contributed by atoms with Crippen LogP contribution in [0.25, 0.3) is 11.4 Å². The van der Waals surface area contributed by atoms with Gasteiger partial charge in [-0.15, -0.1) is 5.10 Å². The summed E-state index contributed by atoms with van der Waals surface area (Å²) in [5.74, 6) is 0.478. The van der Waals surface area contributed by atoms with E-state index < -0.39 is 12.2 Å². The van der Waals surface area contributed by atoms with E-state index in [1.165, 1.54) is 0 Å². The fraction of sp³-hybridized carbons (Fsp3) is 0.333. The molecule has 0 amide bonds. The van der Waals surface area contributed by atoms with Crippen molar-refractivity contribution >= 4 is 5.95 Å². The first-order valence-electron chi connectivity index (χ1n) is 5.88. The van der Waals surface area contributed by atoms with Gasteiger partial charge in [0.15, 0.2) is 11.9 Å². The first-order valence-corrected chi connectivity index (χ1v) is 5.88. The molecule has 19 heavy (non-hydrogen) atoms. The monoisotopic (exact) mass is 268 g/mol. The third kappa shape index (κ3) is 2.16. The molecule has 0 saturated carbocycles. The van der Waals surface area contributed by atoms with E-state index in [-0.39, 0.29) is 18.9 Å². The van der Waals surface area contributed by atoms with Gasteiger partial charge in [-0.25, -0.2) is 4.68 Å². The average Bonchev–Trinajstić information content (AvgIpc) is 2.82. The average molecular weight is 268 g/mol. The molecule has 0 bridgehead atoms. The largest absolute Gasteiger partial charge is 0.411 e. The molecule has 7 heteroatoms. The van der Waals surface area contributed by atoms with E-state index in [1.54, 1.807) is 24.3 Å². The van der Waals surface area contributed by atoms with Gasteiger partial charge < -0.3 is 5.32 Å². The molecule has 2 heterocycles. The van der Waals surface area contributed by atoms with Crippen LogP contribution in [-0.4, -0.2) is 27.5 Å². The zero-order valence-corrected chi connectivity index (χ0v) is 9.85. The second kappa shape index (κ2) is 4.25. The minimum Gasteiger partial charge on any atom is -0.354 e. The summed E-state index contributed by atoms with van der Waals surface area (Å²) in [6, 6.07) is 7.35. The van der Waals surface area contributed by atoms with Crippen molar-refractivity contribution in [3.63, 3.8) is 0 Å². The number of nitrogens with one attached hydrogen (secondary N) is 1. The first-order chi connectivity index (χ1) is 9.05. The second-order valence-corrected chi connectivity index (χ2v) is 4.34. The van der Waals surface area contributed by atoms with Crippen molar-refractivity contribution in [2.45, 2.75) is 18.6 Å². The maximum Gasteiger partial charge on any atom is 0.411 e. The lowest BCUT2D eigenvalue weighted by atomic mass is 10.2. The number of halogens is 3. The van der Waals surface area contributed by atoms with Crippen LogP contribution >= 0.6 is 0 Å². The van der Waals surface area contributed by atoms with Crippen molar-refractivity contribution in [3.8, 4) is 11.4 Å². The van der Waals surface area contributed by atoms with E-state index in [1.807, 2.05) is 6.07 Å². The summed E-state index contributed by atoms with van der Waals surface area (Å²) in [6.45, 7) is 0.247. The molecule has 4 nitrogen and oxygen atoms in total. The van der Waals surface area contributed by atoms with Crippen LogP contribution in [0, 0.1) is 0 Å². The number of nitrogens with zero attached hydrogens (tertiary/aromatic N) is 3. The van der Waals surface area contributed by atoms with Crippen LogP contribution in [0.2, 0.25) is 0 Å². The van der Waals surface area contributed by atoms with E-state index in [0.717, 1.165) is 4.68 Å². The van der Waals surface area contributed by atoms with Crippen LogP contribution < -0.4 is 5.32 Å². The lowest BCUT2D eigenvalue weighted by Gasteiger charge is -2.25. The highest BCUT2D eigenvalue weighted by atomic mass is 19.4. The Bertz CT molecular complexity index is 576. The minimum absolute atomic E-state index is 0.0336. The molecule has 0 aliphatic carbocycles. The lowest BCUT2D eigenvalue weighted by molar-refractivity contribution is -0.171. The molecule has 3 rings (SSSR count). The molecule has 0 radical (unpaired) electrons.